The molecule has 0 fully saturated rings. The van der Waals surface area contributed by atoms with Gasteiger partial charge in [0, 0.05) is 6.54 Å². The summed E-state index contributed by atoms with van der Waals surface area (Å²) in [6.45, 7) is 4.82. The van der Waals surface area contributed by atoms with Crippen LogP contribution in [0.4, 0.5) is 0 Å². The maximum absolute atomic E-state index is 12.0. The highest BCUT2D eigenvalue weighted by atomic mass is 16.5. The van der Waals surface area contributed by atoms with Crippen molar-refractivity contribution in [2.45, 2.75) is 33.1 Å². The summed E-state index contributed by atoms with van der Waals surface area (Å²) in [4.78, 5) is 12.0. The van der Waals surface area contributed by atoms with Gasteiger partial charge in [0.15, 0.2) is 0 Å². The van der Waals surface area contributed by atoms with Crippen LogP contribution in [0.5, 0.6) is 5.75 Å². The van der Waals surface area contributed by atoms with Gasteiger partial charge in [0.2, 0.25) is 5.91 Å². The van der Waals surface area contributed by atoms with Crippen LogP contribution in [0.25, 0.3) is 0 Å². The molecule has 0 radical (unpaired) electrons. The summed E-state index contributed by atoms with van der Waals surface area (Å²) in [6.07, 6.45) is 2.34. The topological polar surface area (TPSA) is 38.3 Å². The molecule has 0 bridgehead atoms. The van der Waals surface area contributed by atoms with Gasteiger partial charge < -0.3 is 10.1 Å². The van der Waals surface area contributed by atoms with Gasteiger partial charge in [-0.1, -0.05) is 35.9 Å². The van der Waals surface area contributed by atoms with E-state index >= 15 is 0 Å². The molecular weight excluding hydrogens is 286 g/mol. The molecule has 0 unspecified atom stereocenters. The Kier molecular flexibility index (Phi) is 6.21. The molecule has 0 saturated heterocycles. The van der Waals surface area contributed by atoms with Crippen molar-refractivity contribution in [3.63, 3.8) is 0 Å². The number of amides is 1. The van der Waals surface area contributed by atoms with Gasteiger partial charge >= 0.3 is 0 Å². The Morgan fingerprint density at radius 2 is 1.83 bits per heavy atom. The third-order valence-electron chi connectivity index (χ3n) is 3.97. The highest BCUT2D eigenvalue weighted by molar-refractivity contribution is 5.78. The fraction of sp³-hybridized carbons (Fsp3) is 0.350. The minimum Gasteiger partial charge on any atom is -0.497 e. The van der Waals surface area contributed by atoms with Gasteiger partial charge in [-0.2, -0.15) is 0 Å². The van der Waals surface area contributed by atoms with Crippen LogP contribution in [0.2, 0.25) is 0 Å². The molecule has 23 heavy (non-hydrogen) atoms. The zero-order chi connectivity index (χ0) is 16.7. The van der Waals surface area contributed by atoms with Crippen LogP contribution in [0.3, 0.4) is 0 Å². The number of aryl methyl sites for hydroxylation is 3. The molecule has 2 aromatic rings. The predicted octanol–water partition coefficient (Wildman–Crippen LogP) is 3.60. The van der Waals surface area contributed by atoms with Crippen molar-refractivity contribution in [3.05, 3.63) is 64.7 Å². The van der Waals surface area contributed by atoms with Crippen molar-refractivity contribution in [1.29, 1.82) is 0 Å². The second-order valence-corrected chi connectivity index (χ2v) is 5.91. The van der Waals surface area contributed by atoms with Crippen molar-refractivity contribution in [1.82, 2.24) is 5.32 Å². The molecule has 3 nitrogen and oxygen atoms in total. The Balaban J connectivity index is 1.72. The fourth-order valence-corrected chi connectivity index (χ4v) is 2.59. The Morgan fingerprint density at radius 3 is 2.48 bits per heavy atom. The summed E-state index contributed by atoms with van der Waals surface area (Å²) in [5.74, 6) is 0.960. The van der Waals surface area contributed by atoms with Crippen LogP contribution in [-0.4, -0.2) is 19.6 Å². The first-order valence-electron chi connectivity index (χ1n) is 8.04. The first-order valence-corrected chi connectivity index (χ1v) is 8.04. The van der Waals surface area contributed by atoms with E-state index in [4.69, 9.17) is 4.74 Å². The average molecular weight is 311 g/mol. The van der Waals surface area contributed by atoms with E-state index in [1.807, 2.05) is 18.2 Å². The zero-order valence-electron chi connectivity index (χ0n) is 14.2. The average Bonchev–Trinajstić information content (AvgIpc) is 2.55. The standard InChI is InChI=1S/C20H25NO2/c1-15-6-9-18(16(2)13-15)14-20(22)21-12-4-5-17-7-10-19(23-3)11-8-17/h6-11,13H,4-5,12,14H2,1-3H3,(H,21,22). The lowest BCUT2D eigenvalue weighted by Crippen LogP contribution is -2.26. The number of carbonyl (C=O) groups excluding carboxylic acids is 1. The van der Waals surface area contributed by atoms with E-state index in [1.54, 1.807) is 7.11 Å². The molecule has 3 heteroatoms. The van der Waals surface area contributed by atoms with Gasteiger partial charge in [-0.25, -0.2) is 0 Å². The minimum absolute atomic E-state index is 0.0895. The Labute approximate surface area is 138 Å². The number of benzene rings is 2. The molecule has 2 rings (SSSR count). The SMILES string of the molecule is COc1ccc(CCCNC(=O)Cc2ccc(C)cc2C)cc1. The number of methoxy groups -OCH3 is 1. The number of nitrogens with one attached hydrogen (secondary N) is 1. The van der Waals surface area contributed by atoms with Crippen LogP contribution < -0.4 is 10.1 Å². The van der Waals surface area contributed by atoms with E-state index in [0.29, 0.717) is 13.0 Å². The van der Waals surface area contributed by atoms with Crippen LogP contribution in [0, 0.1) is 13.8 Å². The molecule has 0 atom stereocenters. The Morgan fingerprint density at radius 1 is 1.09 bits per heavy atom. The van der Waals surface area contributed by atoms with Crippen molar-refractivity contribution in [3.8, 4) is 5.75 Å². The molecule has 0 aromatic heterocycles. The highest BCUT2D eigenvalue weighted by Crippen LogP contribution is 2.13. The molecule has 0 saturated carbocycles. The first-order chi connectivity index (χ1) is 11.1. The second kappa shape index (κ2) is 8.37. The van der Waals surface area contributed by atoms with Crippen molar-refractivity contribution in [2.75, 3.05) is 13.7 Å². The van der Waals surface area contributed by atoms with Gasteiger partial charge in [0.25, 0.3) is 0 Å². The van der Waals surface area contributed by atoms with E-state index in [2.05, 4.69) is 43.4 Å². The summed E-state index contributed by atoms with van der Waals surface area (Å²) < 4.78 is 5.14. The lowest BCUT2D eigenvalue weighted by Gasteiger charge is -2.08. The van der Waals surface area contributed by atoms with Gasteiger partial charge in [0.05, 0.1) is 13.5 Å². The number of carbonyl (C=O) groups is 1. The molecule has 122 valence electrons. The van der Waals surface area contributed by atoms with Gasteiger partial charge in [-0.15, -0.1) is 0 Å². The maximum Gasteiger partial charge on any atom is 0.224 e. The summed E-state index contributed by atoms with van der Waals surface area (Å²) in [5.41, 5.74) is 4.77. The third kappa shape index (κ3) is 5.44. The highest BCUT2D eigenvalue weighted by Gasteiger charge is 2.05. The smallest absolute Gasteiger partial charge is 0.224 e. The summed E-state index contributed by atoms with van der Waals surface area (Å²) >= 11 is 0. The van der Waals surface area contributed by atoms with E-state index in [9.17, 15) is 4.79 Å². The largest absolute Gasteiger partial charge is 0.497 e. The van der Waals surface area contributed by atoms with Crippen molar-refractivity contribution < 1.29 is 9.53 Å². The molecule has 0 aliphatic rings. The molecule has 0 spiro atoms. The van der Waals surface area contributed by atoms with Crippen LogP contribution in [0.15, 0.2) is 42.5 Å². The van der Waals surface area contributed by atoms with E-state index < -0.39 is 0 Å². The first kappa shape index (κ1) is 17.1. The zero-order valence-corrected chi connectivity index (χ0v) is 14.2. The molecule has 2 aromatic carbocycles. The van der Waals surface area contributed by atoms with Crippen LogP contribution >= 0.6 is 0 Å². The molecule has 0 aliphatic carbocycles. The molecular formula is C20H25NO2. The van der Waals surface area contributed by atoms with Crippen LogP contribution in [0.1, 0.15) is 28.7 Å². The lowest BCUT2D eigenvalue weighted by molar-refractivity contribution is -0.120. The summed E-state index contributed by atoms with van der Waals surface area (Å²) in [5, 5.41) is 3.00. The van der Waals surface area contributed by atoms with Crippen molar-refractivity contribution in [2.24, 2.45) is 0 Å². The number of ether oxygens (including phenoxy) is 1. The molecule has 1 N–H and O–H groups in total. The van der Waals surface area contributed by atoms with Crippen LogP contribution in [-0.2, 0) is 17.6 Å². The third-order valence-corrected chi connectivity index (χ3v) is 3.97. The second-order valence-electron chi connectivity index (χ2n) is 5.91. The monoisotopic (exact) mass is 311 g/mol. The van der Waals surface area contributed by atoms with Gasteiger partial charge in [-0.05, 0) is 55.5 Å². The number of hydrogen-bond donors (Lipinski definition) is 1. The lowest BCUT2D eigenvalue weighted by atomic mass is 10.0. The molecule has 0 aliphatic heterocycles. The molecule has 0 heterocycles. The Bertz CT molecular complexity index is 647. The summed E-state index contributed by atoms with van der Waals surface area (Å²) in [7, 11) is 1.67. The Hall–Kier alpha value is -2.29. The van der Waals surface area contributed by atoms with Gasteiger partial charge in [-0.3, -0.25) is 4.79 Å². The van der Waals surface area contributed by atoms with E-state index in [1.165, 1.54) is 16.7 Å². The number of hydrogen-bond acceptors (Lipinski definition) is 2. The normalized spacial score (nSPS) is 10.4. The predicted molar refractivity (Wildman–Crippen MR) is 93.9 cm³/mol. The van der Waals surface area contributed by atoms with E-state index in [0.717, 1.165) is 24.2 Å². The molecule has 1 amide bonds. The number of rotatable bonds is 7. The summed E-state index contributed by atoms with van der Waals surface area (Å²) in [6, 6.07) is 14.3. The minimum atomic E-state index is 0.0895. The van der Waals surface area contributed by atoms with E-state index in [-0.39, 0.29) is 5.91 Å². The van der Waals surface area contributed by atoms with Crippen molar-refractivity contribution >= 4 is 5.91 Å². The van der Waals surface area contributed by atoms with Gasteiger partial charge in [0.1, 0.15) is 5.75 Å². The fourth-order valence-electron chi connectivity index (χ4n) is 2.59. The quantitative estimate of drug-likeness (QED) is 0.793. The maximum atomic E-state index is 12.0.